The zero-order valence-electron chi connectivity index (χ0n) is 10.9. The minimum atomic E-state index is 0.752. The van der Waals surface area contributed by atoms with Gasteiger partial charge in [0, 0.05) is 19.1 Å². The molecule has 0 aliphatic carbocycles. The molecular weight excluding hydrogens is 184 g/mol. The molecule has 0 aromatic heterocycles. The molecule has 0 spiro atoms. The molecule has 0 saturated carbocycles. The van der Waals surface area contributed by atoms with E-state index in [-0.39, 0.29) is 0 Å². The molecule has 90 valence electrons. The van der Waals surface area contributed by atoms with Gasteiger partial charge >= 0.3 is 0 Å². The number of likely N-dealkylation sites (tertiary alicyclic amines) is 1. The normalized spacial score (nSPS) is 29.6. The van der Waals surface area contributed by atoms with E-state index in [1.165, 1.54) is 39.0 Å². The van der Waals surface area contributed by atoms with Crippen LogP contribution in [0.4, 0.5) is 0 Å². The van der Waals surface area contributed by atoms with Crippen molar-refractivity contribution in [1.29, 1.82) is 0 Å². The molecule has 0 aromatic carbocycles. The van der Waals surface area contributed by atoms with Crippen molar-refractivity contribution in [3.8, 4) is 0 Å². The van der Waals surface area contributed by atoms with Gasteiger partial charge in [0.2, 0.25) is 0 Å². The lowest BCUT2D eigenvalue weighted by atomic mass is 10.0. The number of hydrogen-bond acceptors (Lipinski definition) is 2. The van der Waals surface area contributed by atoms with E-state index in [9.17, 15) is 0 Å². The average molecular weight is 212 g/mol. The first-order valence-electron chi connectivity index (χ1n) is 6.59. The quantitative estimate of drug-likeness (QED) is 0.680. The Morgan fingerprint density at radius 2 is 1.80 bits per heavy atom. The van der Waals surface area contributed by atoms with Crippen molar-refractivity contribution in [2.45, 2.75) is 46.6 Å². The second kappa shape index (κ2) is 6.49. The van der Waals surface area contributed by atoms with Gasteiger partial charge in [0.15, 0.2) is 0 Å². The van der Waals surface area contributed by atoms with Crippen LogP contribution in [-0.4, -0.2) is 37.1 Å². The molecule has 0 bridgehead atoms. The topological polar surface area (TPSA) is 15.3 Å². The molecule has 3 atom stereocenters. The molecule has 15 heavy (non-hydrogen) atoms. The molecule has 3 unspecified atom stereocenters. The van der Waals surface area contributed by atoms with Crippen molar-refractivity contribution in [3.63, 3.8) is 0 Å². The van der Waals surface area contributed by atoms with Crippen LogP contribution in [0.1, 0.15) is 40.5 Å². The maximum absolute atomic E-state index is 3.49. The summed E-state index contributed by atoms with van der Waals surface area (Å²) in [6.45, 7) is 14.3. The van der Waals surface area contributed by atoms with Crippen molar-refractivity contribution in [2.24, 2.45) is 11.8 Å². The fraction of sp³-hybridized carbons (Fsp3) is 1.00. The molecule has 1 aliphatic rings. The molecule has 1 N–H and O–H groups in total. The van der Waals surface area contributed by atoms with E-state index in [2.05, 4.69) is 37.9 Å². The van der Waals surface area contributed by atoms with Crippen LogP contribution in [0, 0.1) is 11.8 Å². The first kappa shape index (κ1) is 13.0. The van der Waals surface area contributed by atoms with Gasteiger partial charge < -0.3 is 10.2 Å². The molecule has 1 rings (SSSR count). The minimum Gasteiger partial charge on any atom is -0.317 e. The monoisotopic (exact) mass is 212 g/mol. The van der Waals surface area contributed by atoms with Gasteiger partial charge in [-0.15, -0.1) is 0 Å². The summed E-state index contributed by atoms with van der Waals surface area (Å²) in [7, 11) is 0. The van der Waals surface area contributed by atoms with Crippen molar-refractivity contribution >= 4 is 0 Å². The van der Waals surface area contributed by atoms with E-state index in [1.54, 1.807) is 0 Å². The molecule has 2 nitrogen and oxygen atoms in total. The van der Waals surface area contributed by atoms with Crippen LogP contribution >= 0.6 is 0 Å². The van der Waals surface area contributed by atoms with Gasteiger partial charge in [0.05, 0.1) is 0 Å². The highest BCUT2D eigenvalue weighted by atomic mass is 15.2. The summed E-state index contributed by atoms with van der Waals surface area (Å²) in [4.78, 5) is 2.66. The zero-order valence-corrected chi connectivity index (χ0v) is 10.9. The standard InChI is InChI=1S/C13H28N2/c1-5-7-14-8-6-13(4)15-9-11(2)12(3)10-15/h11-14H,5-10H2,1-4H3. The Labute approximate surface area is 95.4 Å². The smallest absolute Gasteiger partial charge is 0.00792 e. The molecule has 1 heterocycles. The second-order valence-electron chi connectivity index (χ2n) is 5.30. The van der Waals surface area contributed by atoms with Gasteiger partial charge in [-0.3, -0.25) is 0 Å². The average Bonchev–Trinajstić information content (AvgIpc) is 2.54. The van der Waals surface area contributed by atoms with Gasteiger partial charge in [0.25, 0.3) is 0 Å². The zero-order chi connectivity index (χ0) is 11.3. The van der Waals surface area contributed by atoms with Gasteiger partial charge in [-0.1, -0.05) is 20.8 Å². The number of rotatable bonds is 6. The van der Waals surface area contributed by atoms with Gasteiger partial charge in [-0.25, -0.2) is 0 Å². The summed E-state index contributed by atoms with van der Waals surface area (Å²) in [5.74, 6) is 1.77. The van der Waals surface area contributed by atoms with E-state index >= 15 is 0 Å². The summed E-state index contributed by atoms with van der Waals surface area (Å²) < 4.78 is 0. The first-order valence-corrected chi connectivity index (χ1v) is 6.59. The number of nitrogens with one attached hydrogen (secondary N) is 1. The Bertz CT molecular complexity index is 160. The second-order valence-corrected chi connectivity index (χ2v) is 5.30. The van der Waals surface area contributed by atoms with Gasteiger partial charge in [-0.05, 0) is 44.7 Å². The van der Waals surface area contributed by atoms with E-state index in [0.29, 0.717) is 0 Å². The Morgan fingerprint density at radius 1 is 1.20 bits per heavy atom. The molecule has 0 amide bonds. The molecular formula is C13H28N2. The highest BCUT2D eigenvalue weighted by Crippen LogP contribution is 2.24. The Morgan fingerprint density at radius 3 is 2.33 bits per heavy atom. The number of nitrogens with zero attached hydrogens (tertiary/aromatic N) is 1. The molecule has 2 heteroatoms. The van der Waals surface area contributed by atoms with Gasteiger partial charge in [0.1, 0.15) is 0 Å². The SMILES string of the molecule is CCCNCCC(C)N1CC(C)C(C)C1. The predicted molar refractivity (Wildman–Crippen MR) is 67.1 cm³/mol. The van der Waals surface area contributed by atoms with Crippen LogP contribution in [0.15, 0.2) is 0 Å². The van der Waals surface area contributed by atoms with E-state index in [0.717, 1.165) is 17.9 Å². The van der Waals surface area contributed by atoms with E-state index in [4.69, 9.17) is 0 Å². The first-order chi connectivity index (χ1) is 7.15. The fourth-order valence-electron chi connectivity index (χ4n) is 2.33. The maximum Gasteiger partial charge on any atom is 0.00792 e. The van der Waals surface area contributed by atoms with Crippen molar-refractivity contribution < 1.29 is 0 Å². The van der Waals surface area contributed by atoms with Crippen molar-refractivity contribution in [2.75, 3.05) is 26.2 Å². The van der Waals surface area contributed by atoms with Crippen LogP contribution in [0.5, 0.6) is 0 Å². The largest absolute Gasteiger partial charge is 0.317 e. The lowest BCUT2D eigenvalue weighted by Gasteiger charge is -2.24. The molecule has 1 saturated heterocycles. The third-order valence-corrected chi connectivity index (χ3v) is 3.81. The van der Waals surface area contributed by atoms with Crippen LogP contribution in [0.3, 0.4) is 0 Å². The van der Waals surface area contributed by atoms with Crippen LogP contribution in [0.2, 0.25) is 0 Å². The van der Waals surface area contributed by atoms with Crippen molar-refractivity contribution in [3.05, 3.63) is 0 Å². The molecule has 1 fully saturated rings. The summed E-state index contributed by atoms with van der Waals surface area (Å²) >= 11 is 0. The summed E-state index contributed by atoms with van der Waals surface area (Å²) in [5, 5.41) is 3.49. The fourth-order valence-corrected chi connectivity index (χ4v) is 2.33. The summed E-state index contributed by atoms with van der Waals surface area (Å²) in [5.41, 5.74) is 0. The third-order valence-electron chi connectivity index (χ3n) is 3.81. The van der Waals surface area contributed by atoms with Crippen LogP contribution in [-0.2, 0) is 0 Å². The van der Waals surface area contributed by atoms with E-state index in [1.807, 2.05) is 0 Å². The lowest BCUT2D eigenvalue weighted by molar-refractivity contribution is 0.235. The maximum atomic E-state index is 3.49. The van der Waals surface area contributed by atoms with Gasteiger partial charge in [-0.2, -0.15) is 0 Å². The van der Waals surface area contributed by atoms with Crippen molar-refractivity contribution in [1.82, 2.24) is 10.2 Å². The molecule has 0 radical (unpaired) electrons. The molecule has 1 aliphatic heterocycles. The van der Waals surface area contributed by atoms with Crippen LogP contribution in [0.25, 0.3) is 0 Å². The highest BCUT2D eigenvalue weighted by Gasteiger charge is 2.28. The lowest BCUT2D eigenvalue weighted by Crippen LogP contribution is -2.34. The van der Waals surface area contributed by atoms with E-state index < -0.39 is 0 Å². The highest BCUT2D eigenvalue weighted by molar-refractivity contribution is 4.82. The molecule has 0 aromatic rings. The Kier molecular flexibility index (Phi) is 5.62. The predicted octanol–water partition coefficient (Wildman–Crippen LogP) is 2.35. The summed E-state index contributed by atoms with van der Waals surface area (Å²) in [6.07, 6.45) is 2.53. The number of hydrogen-bond donors (Lipinski definition) is 1. The summed E-state index contributed by atoms with van der Waals surface area (Å²) in [6, 6.07) is 0.752. The third kappa shape index (κ3) is 4.12. The minimum absolute atomic E-state index is 0.752. The Balaban J connectivity index is 2.14. The van der Waals surface area contributed by atoms with Crippen LogP contribution < -0.4 is 5.32 Å². The Hall–Kier alpha value is -0.0800.